The van der Waals surface area contributed by atoms with Crippen LogP contribution in [-0.4, -0.2) is 38.6 Å². The van der Waals surface area contributed by atoms with Crippen molar-refractivity contribution < 1.29 is 19.2 Å². The van der Waals surface area contributed by atoms with E-state index in [1.807, 2.05) is 20.8 Å². The van der Waals surface area contributed by atoms with E-state index in [-0.39, 0.29) is 12.0 Å². The fraction of sp³-hybridized carbons (Fsp3) is 0.167. The number of carbonyl (C=O) groups excluding carboxylic acids is 4. The first kappa shape index (κ1) is 27.6. The first-order chi connectivity index (χ1) is 19.5. The standard InChI is InChI=1S/C30H27ClN6O4/c1-30(2,3)24-17-25(33-28(40)32-21-14-12-20(31)13-15-21)37(34-24)23-11-7-8-19(16-23)18-35-26(38)27(39)36(29(35)41)22-9-5-4-6-10-22/h4-17H,18H2,1-3H3,(H2,32,33,40). The molecule has 0 unspecified atom stereocenters. The van der Waals surface area contributed by atoms with E-state index in [0.717, 1.165) is 15.5 Å². The van der Waals surface area contributed by atoms with Gasteiger partial charge in [0.1, 0.15) is 5.82 Å². The Bertz CT molecular complexity index is 1640. The number of benzene rings is 3. The monoisotopic (exact) mass is 570 g/mol. The maximum Gasteiger partial charge on any atom is 0.339 e. The number of halogens is 1. The highest BCUT2D eigenvalue weighted by atomic mass is 35.5. The zero-order valence-corrected chi connectivity index (χ0v) is 23.3. The molecule has 1 saturated heterocycles. The summed E-state index contributed by atoms with van der Waals surface area (Å²) in [7, 11) is 0. The second-order valence-electron chi connectivity index (χ2n) is 10.5. The summed E-state index contributed by atoms with van der Waals surface area (Å²) >= 11 is 5.94. The first-order valence-corrected chi connectivity index (χ1v) is 13.2. The van der Waals surface area contributed by atoms with Crippen molar-refractivity contribution in [1.29, 1.82) is 0 Å². The lowest BCUT2D eigenvalue weighted by Gasteiger charge is -2.16. The van der Waals surface area contributed by atoms with Gasteiger partial charge in [0.05, 0.1) is 23.6 Å². The minimum Gasteiger partial charge on any atom is -0.308 e. The number of hydrogen-bond acceptors (Lipinski definition) is 5. The van der Waals surface area contributed by atoms with Gasteiger partial charge in [-0.05, 0) is 54.1 Å². The summed E-state index contributed by atoms with van der Waals surface area (Å²) in [4.78, 5) is 53.1. The Kier molecular flexibility index (Phi) is 7.34. The molecule has 0 bridgehead atoms. The fourth-order valence-corrected chi connectivity index (χ4v) is 4.39. The van der Waals surface area contributed by atoms with E-state index in [1.165, 1.54) is 0 Å². The van der Waals surface area contributed by atoms with Crippen LogP contribution >= 0.6 is 11.6 Å². The highest BCUT2D eigenvalue weighted by Crippen LogP contribution is 2.28. The fourth-order valence-electron chi connectivity index (χ4n) is 4.26. The molecule has 10 nitrogen and oxygen atoms in total. The molecule has 2 N–H and O–H groups in total. The number of nitrogens with one attached hydrogen (secondary N) is 2. The number of urea groups is 2. The maximum absolute atomic E-state index is 13.1. The van der Waals surface area contributed by atoms with Crippen LogP contribution in [-0.2, 0) is 21.5 Å². The van der Waals surface area contributed by atoms with Gasteiger partial charge in [0.15, 0.2) is 0 Å². The SMILES string of the molecule is CC(C)(C)c1cc(NC(=O)Nc2ccc(Cl)cc2)n(-c2cccc(CN3C(=O)C(=O)N(c4ccccc4)C3=O)c2)n1. The molecule has 0 saturated carbocycles. The van der Waals surface area contributed by atoms with Gasteiger partial charge in [-0.2, -0.15) is 5.10 Å². The van der Waals surface area contributed by atoms with Crippen LogP contribution in [0.5, 0.6) is 0 Å². The summed E-state index contributed by atoms with van der Waals surface area (Å²) < 4.78 is 1.58. The van der Waals surface area contributed by atoms with Crippen molar-refractivity contribution in [3.8, 4) is 5.69 Å². The van der Waals surface area contributed by atoms with Crippen LogP contribution in [0.15, 0.2) is 84.9 Å². The third-order valence-corrected chi connectivity index (χ3v) is 6.64. The second kappa shape index (κ2) is 10.9. The summed E-state index contributed by atoms with van der Waals surface area (Å²) in [6, 6.07) is 22.7. The molecule has 0 radical (unpaired) electrons. The van der Waals surface area contributed by atoms with Crippen molar-refractivity contribution in [3.05, 3.63) is 101 Å². The number of nitrogens with zero attached hydrogens (tertiary/aromatic N) is 4. The summed E-state index contributed by atoms with van der Waals surface area (Å²) in [6.45, 7) is 5.91. The maximum atomic E-state index is 13.1. The molecule has 3 aromatic carbocycles. The van der Waals surface area contributed by atoms with Crippen LogP contribution in [0.2, 0.25) is 5.02 Å². The van der Waals surface area contributed by atoms with Crippen LogP contribution in [0.25, 0.3) is 5.69 Å². The van der Waals surface area contributed by atoms with Crippen molar-refractivity contribution in [1.82, 2.24) is 14.7 Å². The van der Waals surface area contributed by atoms with Gasteiger partial charge < -0.3 is 5.32 Å². The summed E-state index contributed by atoms with van der Waals surface area (Å²) in [5, 5.41) is 10.9. The van der Waals surface area contributed by atoms with Gasteiger partial charge in [-0.25, -0.2) is 19.2 Å². The Morgan fingerprint density at radius 3 is 2.20 bits per heavy atom. The molecule has 1 aliphatic heterocycles. The quantitative estimate of drug-likeness (QED) is 0.219. The topological polar surface area (TPSA) is 117 Å². The van der Waals surface area contributed by atoms with Gasteiger partial charge in [-0.3, -0.25) is 19.8 Å². The predicted molar refractivity (Wildman–Crippen MR) is 156 cm³/mol. The average Bonchev–Trinajstić information content (AvgIpc) is 3.45. The Morgan fingerprint density at radius 2 is 1.51 bits per heavy atom. The number of imide groups is 2. The van der Waals surface area contributed by atoms with Gasteiger partial charge in [0, 0.05) is 22.2 Å². The second-order valence-corrected chi connectivity index (χ2v) is 10.9. The van der Waals surface area contributed by atoms with E-state index in [2.05, 4.69) is 10.6 Å². The van der Waals surface area contributed by atoms with Gasteiger partial charge in [-0.1, -0.05) is 62.7 Å². The van der Waals surface area contributed by atoms with E-state index >= 15 is 0 Å². The molecule has 0 aliphatic carbocycles. The van der Waals surface area contributed by atoms with Crippen molar-refractivity contribution in [2.24, 2.45) is 0 Å². The minimum absolute atomic E-state index is 0.117. The van der Waals surface area contributed by atoms with E-state index in [4.69, 9.17) is 16.7 Å². The molecule has 1 aromatic heterocycles. The molecule has 6 amide bonds. The lowest BCUT2D eigenvalue weighted by atomic mass is 9.92. The van der Waals surface area contributed by atoms with Crippen molar-refractivity contribution >= 4 is 52.7 Å². The smallest absolute Gasteiger partial charge is 0.308 e. The van der Waals surface area contributed by atoms with Crippen LogP contribution in [0.4, 0.5) is 26.8 Å². The highest BCUT2D eigenvalue weighted by molar-refractivity contribution is 6.52. The van der Waals surface area contributed by atoms with Crippen LogP contribution in [0.1, 0.15) is 32.0 Å². The van der Waals surface area contributed by atoms with E-state index in [1.54, 1.807) is 89.6 Å². The number of hydrogen-bond donors (Lipinski definition) is 2. The Balaban J connectivity index is 1.41. The molecular formula is C30H27ClN6O4. The largest absolute Gasteiger partial charge is 0.339 e. The molecule has 4 aromatic rings. The minimum atomic E-state index is -0.905. The van der Waals surface area contributed by atoms with Crippen molar-refractivity contribution in [2.75, 3.05) is 15.5 Å². The van der Waals surface area contributed by atoms with Gasteiger partial charge >= 0.3 is 23.9 Å². The van der Waals surface area contributed by atoms with E-state index < -0.39 is 23.9 Å². The number of rotatable bonds is 6. The van der Waals surface area contributed by atoms with Crippen molar-refractivity contribution in [3.63, 3.8) is 0 Å². The number of aromatic nitrogens is 2. The zero-order valence-electron chi connectivity index (χ0n) is 22.6. The van der Waals surface area contributed by atoms with Crippen LogP contribution in [0, 0.1) is 0 Å². The Labute approximate surface area is 241 Å². The van der Waals surface area contributed by atoms with Gasteiger partial charge in [0.25, 0.3) is 0 Å². The molecule has 0 spiro atoms. The number of para-hydroxylation sites is 1. The van der Waals surface area contributed by atoms with Crippen molar-refractivity contribution in [2.45, 2.75) is 32.7 Å². The normalized spacial score (nSPS) is 13.6. The molecular weight excluding hydrogens is 544 g/mol. The van der Waals surface area contributed by atoms with Gasteiger partial charge in [0.2, 0.25) is 0 Å². The third-order valence-electron chi connectivity index (χ3n) is 6.39. The van der Waals surface area contributed by atoms with E-state index in [9.17, 15) is 19.2 Å². The lowest BCUT2D eigenvalue weighted by molar-refractivity contribution is -0.139. The summed E-state index contributed by atoms with van der Waals surface area (Å²) in [5.74, 6) is -1.39. The molecule has 0 atom stereocenters. The van der Waals surface area contributed by atoms with Crippen LogP contribution < -0.4 is 15.5 Å². The van der Waals surface area contributed by atoms with Crippen LogP contribution in [0.3, 0.4) is 0 Å². The number of carbonyl (C=O) groups is 4. The third kappa shape index (κ3) is 5.82. The molecule has 1 aliphatic rings. The van der Waals surface area contributed by atoms with Gasteiger partial charge in [-0.15, -0.1) is 0 Å². The predicted octanol–water partition coefficient (Wildman–Crippen LogP) is 5.96. The number of amides is 6. The van der Waals surface area contributed by atoms with E-state index in [0.29, 0.717) is 33.5 Å². The first-order valence-electron chi connectivity index (χ1n) is 12.8. The molecule has 208 valence electrons. The molecule has 41 heavy (non-hydrogen) atoms. The number of anilines is 3. The zero-order chi connectivity index (χ0) is 29.3. The molecule has 5 rings (SSSR count). The summed E-state index contributed by atoms with van der Waals surface area (Å²) in [5.41, 5.74) is 2.49. The Hall–Kier alpha value is -4.96. The summed E-state index contributed by atoms with van der Waals surface area (Å²) in [6.07, 6.45) is 0. The average molecular weight is 571 g/mol. The Morgan fingerprint density at radius 1 is 0.829 bits per heavy atom. The lowest BCUT2D eigenvalue weighted by Crippen LogP contribution is -2.33. The highest BCUT2D eigenvalue weighted by Gasteiger charge is 2.45. The molecule has 11 heteroatoms. The molecule has 1 fully saturated rings. The molecule has 2 heterocycles.